The Hall–Kier alpha value is -1.25. The SMILES string of the molecule is CNC(Cc1ccc(Cl)cc1)c1c(C)oc(C)c1C. The fraction of sp³-hybridized carbons (Fsp3) is 0.375. The normalized spacial score (nSPS) is 12.7. The van der Waals surface area contributed by atoms with Crippen molar-refractivity contribution in [3.05, 3.63) is 57.5 Å². The van der Waals surface area contributed by atoms with Crippen LogP contribution in [-0.2, 0) is 6.42 Å². The maximum atomic E-state index is 5.92. The molecule has 0 saturated heterocycles. The topological polar surface area (TPSA) is 25.2 Å². The summed E-state index contributed by atoms with van der Waals surface area (Å²) in [6.45, 7) is 6.16. The van der Waals surface area contributed by atoms with Crippen molar-refractivity contribution >= 4 is 11.6 Å². The molecule has 1 atom stereocenters. The summed E-state index contributed by atoms with van der Waals surface area (Å²) in [5.74, 6) is 2.01. The summed E-state index contributed by atoms with van der Waals surface area (Å²) in [4.78, 5) is 0. The first-order chi connectivity index (χ1) is 9.02. The largest absolute Gasteiger partial charge is 0.466 e. The van der Waals surface area contributed by atoms with Crippen LogP contribution in [0.1, 0.15) is 34.3 Å². The fourth-order valence-corrected chi connectivity index (χ4v) is 2.65. The van der Waals surface area contributed by atoms with Crippen molar-refractivity contribution in [3.63, 3.8) is 0 Å². The minimum Gasteiger partial charge on any atom is -0.466 e. The number of furan rings is 1. The van der Waals surface area contributed by atoms with Gasteiger partial charge < -0.3 is 9.73 Å². The third kappa shape index (κ3) is 3.02. The molecule has 1 aromatic carbocycles. The van der Waals surface area contributed by atoms with Gasteiger partial charge in [-0.2, -0.15) is 0 Å². The first kappa shape index (κ1) is 14.2. The van der Waals surface area contributed by atoms with E-state index in [1.54, 1.807) is 0 Å². The standard InChI is InChI=1S/C16H20ClNO/c1-10-11(2)19-12(3)16(10)15(18-4)9-13-5-7-14(17)8-6-13/h5-8,15,18H,9H2,1-4H3. The molecule has 1 unspecified atom stereocenters. The molecule has 1 aromatic heterocycles. The predicted octanol–water partition coefficient (Wildman–Crippen LogP) is 4.36. The molecule has 0 spiro atoms. The highest BCUT2D eigenvalue weighted by atomic mass is 35.5. The molecule has 2 aromatic rings. The van der Waals surface area contributed by atoms with Gasteiger partial charge in [0.05, 0.1) is 0 Å². The van der Waals surface area contributed by atoms with Crippen LogP contribution >= 0.6 is 11.6 Å². The van der Waals surface area contributed by atoms with E-state index in [0.717, 1.165) is 23.0 Å². The number of halogens is 1. The van der Waals surface area contributed by atoms with Gasteiger partial charge in [-0.05, 0) is 57.5 Å². The molecule has 0 aliphatic rings. The van der Waals surface area contributed by atoms with Gasteiger partial charge in [0.2, 0.25) is 0 Å². The van der Waals surface area contributed by atoms with E-state index in [2.05, 4.69) is 24.4 Å². The maximum Gasteiger partial charge on any atom is 0.106 e. The van der Waals surface area contributed by atoms with Crippen molar-refractivity contribution in [1.82, 2.24) is 5.32 Å². The smallest absolute Gasteiger partial charge is 0.106 e. The zero-order chi connectivity index (χ0) is 14.0. The van der Waals surface area contributed by atoms with Gasteiger partial charge in [-0.3, -0.25) is 0 Å². The van der Waals surface area contributed by atoms with E-state index in [1.807, 2.05) is 33.0 Å². The summed E-state index contributed by atoms with van der Waals surface area (Å²) in [6, 6.07) is 8.28. The van der Waals surface area contributed by atoms with E-state index in [9.17, 15) is 0 Å². The molecular formula is C16H20ClNO. The van der Waals surface area contributed by atoms with Gasteiger partial charge in [0.1, 0.15) is 11.5 Å². The summed E-state index contributed by atoms with van der Waals surface area (Å²) < 4.78 is 5.72. The van der Waals surface area contributed by atoms with E-state index in [-0.39, 0.29) is 6.04 Å². The van der Waals surface area contributed by atoms with E-state index < -0.39 is 0 Å². The predicted molar refractivity (Wildman–Crippen MR) is 79.9 cm³/mol. The lowest BCUT2D eigenvalue weighted by atomic mass is 9.96. The van der Waals surface area contributed by atoms with Crippen LogP contribution in [0.25, 0.3) is 0 Å². The molecule has 1 heterocycles. The van der Waals surface area contributed by atoms with E-state index in [0.29, 0.717) is 0 Å². The Labute approximate surface area is 119 Å². The van der Waals surface area contributed by atoms with Crippen LogP contribution < -0.4 is 5.32 Å². The molecule has 0 fully saturated rings. The second-order valence-electron chi connectivity index (χ2n) is 4.92. The summed E-state index contributed by atoms with van der Waals surface area (Å²) in [5.41, 5.74) is 3.78. The molecule has 0 amide bonds. The first-order valence-electron chi connectivity index (χ1n) is 6.51. The number of nitrogens with one attached hydrogen (secondary N) is 1. The zero-order valence-electron chi connectivity index (χ0n) is 11.9. The lowest BCUT2D eigenvalue weighted by Gasteiger charge is -2.17. The highest BCUT2D eigenvalue weighted by molar-refractivity contribution is 6.30. The van der Waals surface area contributed by atoms with Crippen molar-refractivity contribution in [3.8, 4) is 0 Å². The van der Waals surface area contributed by atoms with E-state index in [4.69, 9.17) is 16.0 Å². The zero-order valence-corrected chi connectivity index (χ0v) is 12.6. The molecule has 0 aliphatic carbocycles. The van der Waals surface area contributed by atoms with Gasteiger partial charge in [0, 0.05) is 16.6 Å². The maximum absolute atomic E-state index is 5.92. The van der Waals surface area contributed by atoms with Crippen LogP contribution in [0.5, 0.6) is 0 Å². The number of rotatable bonds is 4. The van der Waals surface area contributed by atoms with Crippen molar-refractivity contribution in [2.75, 3.05) is 7.05 Å². The van der Waals surface area contributed by atoms with Crippen LogP contribution in [0.4, 0.5) is 0 Å². The molecule has 3 heteroatoms. The van der Waals surface area contributed by atoms with Crippen molar-refractivity contribution in [1.29, 1.82) is 0 Å². The Kier molecular flexibility index (Phi) is 4.33. The van der Waals surface area contributed by atoms with Crippen LogP contribution in [0.15, 0.2) is 28.7 Å². The third-order valence-corrected chi connectivity index (χ3v) is 3.92. The molecule has 2 rings (SSSR count). The number of benzene rings is 1. The summed E-state index contributed by atoms with van der Waals surface area (Å²) in [5, 5.41) is 4.16. The Morgan fingerprint density at radius 3 is 2.21 bits per heavy atom. The van der Waals surface area contributed by atoms with Crippen molar-refractivity contribution < 1.29 is 4.42 Å². The van der Waals surface area contributed by atoms with Gasteiger partial charge in [0.25, 0.3) is 0 Å². The monoisotopic (exact) mass is 277 g/mol. The summed E-state index contributed by atoms with van der Waals surface area (Å²) in [6.07, 6.45) is 0.925. The quantitative estimate of drug-likeness (QED) is 0.898. The summed E-state index contributed by atoms with van der Waals surface area (Å²) >= 11 is 5.92. The van der Waals surface area contributed by atoms with Crippen molar-refractivity contribution in [2.24, 2.45) is 0 Å². The van der Waals surface area contributed by atoms with Gasteiger partial charge in [-0.25, -0.2) is 0 Å². The van der Waals surface area contributed by atoms with E-state index >= 15 is 0 Å². The molecular weight excluding hydrogens is 258 g/mol. The molecule has 1 N–H and O–H groups in total. The minimum atomic E-state index is 0.263. The fourth-order valence-electron chi connectivity index (χ4n) is 2.53. The Balaban J connectivity index is 2.27. The Morgan fingerprint density at radius 2 is 1.74 bits per heavy atom. The molecule has 19 heavy (non-hydrogen) atoms. The third-order valence-electron chi connectivity index (χ3n) is 3.67. The summed E-state index contributed by atoms with van der Waals surface area (Å²) in [7, 11) is 1.99. The van der Waals surface area contributed by atoms with Gasteiger partial charge >= 0.3 is 0 Å². The molecule has 0 radical (unpaired) electrons. The first-order valence-corrected chi connectivity index (χ1v) is 6.89. The average molecular weight is 278 g/mol. The molecule has 2 nitrogen and oxygen atoms in total. The highest BCUT2D eigenvalue weighted by Crippen LogP contribution is 2.29. The Bertz CT molecular complexity index is 557. The van der Waals surface area contributed by atoms with Crippen LogP contribution in [0, 0.1) is 20.8 Å². The number of hydrogen-bond donors (Lipinski definition) is 1. The van der Waals surface area contributed by atoms with Gasteiger partial charge in [-0.1, -0.05) is 23.7 Å². The lowest BCUT2D eigenvalue weighted by molar-refractivity contribution is 0.489. The minimum absolute atomic E-state index is 0.263. The second kappa shape index (κ2) is 5.81. The average Bonchev–Trinajstić information content (AvgIpc) is 2.63. The molecule has 102 valence electrons. The second-order valence-corrected chi connectivity index (χ2v) is 5.36. The van der Waals surface area contributed by atoms with Crippen molar-refractivity contribution in [2.45, 2.75) is 33.2 Å². The number of likely N-dealkylation sites (N-methyl/N-ethyl adjacent to an activating group) is 1. The molecule has 0 aliphatic heterocycles. The van der Waals surface area contributed by atoms with Crippen LogP contribution in [0.2, 0.25) is 5.02 Å². The lowest BCUT2D eigenvalue weighted by Crippen LogP contribution is -2.20. The number of hydrogen-bond acceptors (Lipinski definition) is 2. The molecule has 0 saturated carbocycles. The van der Waals surface area contributed by atoms with E-state index in [1.165, 1.54) is 16.7 Å². The van der Waals surface area contributed by atoms with Crippen LogP contribution in [0.3, 0.4) is 0 Å². The number of aryl methyl sites for hydroxylation is 2. The van der Waals surface area contributed by atoms with Gasteiger partial charge in [-0.15, -0.1) is 0 Å². The highest BCUT2D eigenvalue weighted by Gasteiger charge is 2.19. The molecule has 0 bridgehead atoms. The van der Waals surface area contributed by atoms with Crippen LogP contribution in [-0.4, -0.2) is 7.05 Å². The van der Waals surface area contributed by atoms with Gasteiger partial charge in [0.15, 0.2) is 0 Å². The Morgan fingerprint density at radius 1 is 1.11 bits per heavy atom.